The predicted molar refractivity (Wildman–Crippen MR) is 177 cm³/mol. The molecule has 2 aromatic carbocycles. The molecular formula is C36H43N7O4. The molecule has 11 nitrogen and oxygen atoms in total. The second-order valence-electron chi connectivity index (χ2n) is 13.3. The summed E-state index contributed by atoms with van der Waals surface area (Å²) in [6.07, 6.45) is 8.08. The fourth-order valence-electron chi connectivity index (χ4n) is 7.98. The van der Waals surface area contributed by atoms with Crippen molar-refractivity contribution >= 4 is 17.5 Å². The van der Waals surface area contributed by atoms with E-state index in [2.05, 4.69) is 22.9 Å². The number of carbonyl (C=O) groups excluding carboxylic acids is 2. The minimum Gasteiger partial charge on any atom is -0.399 e. The molecule has 3 aromatic rings. The van der Waals surface area contributed by atoms with Crippen LogP contribution in [-0.2, 0) is 23.1 Å². The molecule has 0 spiro atoms. The van der Waals surface area contributed by atoms with E-state index in [-0.39, 0.29) is 24.5 Å². The molecule has 1 saturated carbocycles. The average molecular weight is 638 g/mol. The first-order valence-corrected chi connectivity index (χ1v) is 16.7. The first-order valence-electron chi connectivity index (χ1n) is 16.7. The monoisotopic (exact) mass is 637 g/mol. The van der Waals surface area contributed by atoms with Gasteiger partial charge in [-0.05, 0) is 97.9 Å². The molecule has 1 aliphatic heterocycles. The van der Waals surface area contributed by atoms with E-state index in [0.29, 0.717) is 49.3 Å². The Morgan fingerprint density at radius 3 is 2.36 bits per heavy atom. The molecule has 3 aliphatic rings. The van der Waals surface area contributed by atoms with Crippen molar-refractivity contribution in [2.24, 2.45) is 11.5 Å². The molecule has 6 rings (SSSR count). The Morgan fingerprint density at radius 1 is 1.06 bits per heavy atom. The van der Waals surface area contributed by atoms with Gasteiger partial charge in [0.15, 0.2) is 5.82 Å². The predicted octanol–water partition coefficient (Wildman–Crippen LogP) is 3.69. The zero-order valence-electron chi connectivity index (χ0n) is 27.0. The molecule has 5 N–H and O–H groups in total. The second kappa shape index (κ2) is 13.2. The molecule has 0 bridgehead atoms. The number of carbonyl (C=O) groups is 2. The number of primary amides is 1. The summed E-state index contributed by atoms with van der Waals surface area (Å²) in [7, 11) is 0. The first kappa shape index (κ1) is 32.3. The Labute approximate surface area is 274 Å². The van der Waals surface area contributed by atoms with Crippen molar-refractivity contribution < 1.29 is 14.1 Å². The maximum Gasteiger partial charge on any atom is 0.459 e. The molecule has 11 heteroatoms. The van der Waals surface area contributed by atoms with Gasteiger partial charge in [0.1, 0.15) is 6.04 Å². The highest BCUT2D eigenvalue weighted by Crippen LogP contribution is 2.49. The third-order valence-corrected chi connectivity index (χ3v) is 10.3. The van der Waals surface area contributed by atoms with Crippen LogP contribution in [0, 0.1) is 11.3 Å². The molecule has 1 saturated heterocycles. The molecule has 246 valence electrons. The smallest absolute Gasteiger partial charge is 0.399 e. The minimum absolute atomic E-state index is 0.0307. The number of hydrogen-bond donors (Lipinski definition) is 3. The number of likely N-dealkylation sites (tertiary alicyclic amines) is 1. The van der Waals surface area contributed by atoms with Crippen LogP contribution >= 0.6 is 0 Å². The van der Waals surface area contributed by atoms with Crippen molar-refractivity contribution in [2.75, 3.05) is 13.1 Å². The molecule has 0 radical (unpaired) electrons. The number of benzene rings is 2. The summed E-state index contributed by atoms with van der Waals surface area (Å²) in [5.74, 6) is -0.790. The highest BCUT2D eigenvalue weighted by Gasteiger charge is 2.47. The Bertz CT molecular complexity index is 1730. The van der Waals surface area contributed by atoms with Crippen LogP contribution in [0.3, 0.4) is 0 Å². The fraction of sp³-hybridized carbons (Fsp3) is 0.472. The van der Waals surface area contributed by atoms with Gasteiger partial charge in [-0.25, -0.2) is 4.79 Å². The van der Waals surface area contributed by atoms with Crippen LogP contribution in [0.5, 0.6) is 0 Å². The van der Waals surface area contributed by atoms with Crippen molar-refractivity contribution in [1.82, 2.24) is 19.9 Å². The molecule has 2 fully saturated rings. The van der Waals surface area contributed by atoms with Crippen LogP contribution in [0.2, 0.25) is 0 Å². The van der Waals surface area contributed by atoms with Gasteiger partial charge in [-0.2, -0.15) is 15.0 Å². The topological polar surface area (TPSA) is 173 Å². The third-order valence-electron chi connectivity index (χ3n) is 10.3. The van der Waals surface area contributed by atoms with E-state index in [9.17, 15) is 19.6 Å². The van der Waals surface area contributed by atoms with Crippen molar-refractivity contribution in [1.29, 1.82) is 5.26 Å². The third kappa shape index (κ3) is 6.10. The van der Waals surface area contributed by atoms with Crippen LogP contribution in [0.25, 0.3) is 5.70 Å². The van der Waals surface area contributed by atoms with E-state index in [0.717, 1.165) is 66.3 Å². The van der Waals surface area contributed by atoms with Gasteiger partial charge in [-0.1, -0.05) is 44.0 Å². The van der Waals surface area contributed by atoms with Crippen LogP contribution in [0.1, 0.15) is 108 Å². The van der Waals surface area contributed by atoms with E-state index in [1.54, 1.807) is 15.7 Å². The summed E-state index contributed by atoms with van der Waals surface area (Å²) in [4.78, 5) is 45.0. The molecule has 2 unspecified atom stereocenters. The summed E-state index contributed by atoms with van der Waals surface area (Å²) in [5.41, 5.74) is 16.4. The molecule has 1 aromatic heterocycles. The minimum atomic E-state index is -1.01. The Balaban J connectivity index is 1.53. The number of hydrogen-bond acceptors (Lipinski definition) is 8. The van der Waals surface area contributed by atoms with Gasteiger partial charge in [-0.3, -0.25) is 9.59 Å². The van der Waals surface area contributed by atoms with E-state index in [1.807, 2.05) is 37.3 Å². The number of rotatable bonds is 9. The number of nitrogens with zero attached hydrogens (tertiary/aromatic N) is 4. The van der Waals surface area contributed by atoms with E-state index in [1.165, 1.54) is 0 Å². The zero-order valence-corrected chi connectivity index (χ0v) is 27.0. The molecule has 3 atom stereocenters. The maximum absolute atomic E-state index is 13.3. The maximum atomic E-state index is 13.3. The number of amides is 2. The van der Waals surface area contributed by atoms with Gasteiger partial charge in [-0.15, -0.1) is 0 Å². The molecule has 2 heterocycles. The summed E-state index contributed by atoms with van der Waals surface area (Å²) < 4.78 is 7.68. The van der Waals surface area contributed by atoms with Gasteiger partial charge in [0, 0.05) is 23.8 Å². The quantitative estimate of drug-likeness (QED) is 0.319. The van der Waals surface area contributed by atoms with Crippen molar-refractivity contribution in [3.05, 3.63) is 92.7 Å². The van der Waals surface area contributed by atoms with Gasteiger partial charge < -0.3 is 26.2 Å². The lowest BCUT2D eigenvalue weighted by molar-refractivity contribution is -0.130. The SMILES string of the molecule is C=C(N)c1ccc2c(c1)CCc1cc(C(N)=O)ccc1C2(C[C@H](C)NCC(=O)N1CCCC1C#N)c1nc(=O)on1C1CCCCC1. The van der Waals surface area contributed by atoms with Gasteiger partial charge in [0.25, 0.3) is 0 Å². The first-order chi connectivity index (χ1) is 22.6. The van der Waals surface area contributed by atoms with Crippen LogP contribution in [0.4, 0.5) is 0 Å². The van der Waals surface area contributed by atoms with Gasteiger partial charge in [0.2, 0.25) is 11.8 Å². The summed E-state index contributed by atoms with van der Waals surface area (Å²) in [5, 5.41) is 13.0. The summed E-state index contributed by atoms with van der Waals surface area (Å²) >= 11 is 0. The van der Waals surface area contributed by atoms with Gasteiger partial charge in [0.05, 0.1) is 24.1 Å². The Morgan fingerprint density at radius 2 is 1.72 bits per heavy atom. The lowest BCUT2D eigenvalue weighted by Gasteiger charge is -2.39. The molecular weight excluding hydrogens is 594 g/mol. The zero-order chi connectivity index (χ0) is 33.3. The van der Waals surface area contributed by atoms with E-state index in [4.69, 9.17) is 16.0 Å². The standard InChI is InChI=1S/C36H43N7O4/c1-22(40-21-32(44)42-16-6-9-29(42)20-37)19-36(34-41-35(46)47-43(34)28-7-4-3-5-8-28)30-14-12-24(23(2)38)17-25(30)10-11-26-18-27(33(39)45)13-15-31(26)36/h12-15,17-18,22,28-29,40H,2-11,16,19,21,38H2,1H3,(H2,39,45)/t22-,29?,36?/m0/s1. The lowest BCUT2D eigenvalue weighted by atomic mass is 9.67. The largest absolute Gasteiger partial charge is 0.459 e. The van der Waals surface area contributed by atoms with Crippen molar-refractivity contribution in [2.45, 2.75) is 94.7 Å². The lowest BCUT2D eigenvalue weighted by Crippen LogP contribution is -2.46. The van der Waals surface area contributed by atoms with Crippen molar-refractivity contribution in [3.63, 3.8) is 0 Å². The summed E-state index contributed by atoms with van der Waals surface area (Å²) in [6, 6.07) is 13.1. The fourth-order valence-corrected chi connectivity index (χ4v) is 7.98. The Kier molecular flexibility index (Phi) is 9.06. The number of fused-ring (bicyclic) bond motifs is 2. The average Bonchev–Trinajstić information content (AvgIpc) is 3.69. The molecule has 2 aliphatic carbocycles. The second-order valence-corrected chi connectivity index (χ2v) is 13.3. The number of nitrogens with one attached hydrogen (secondary N) is 1. The molecule has 2 amide bonds. The van der Waals surface area contributed by atoms with Crippen molar-refractivity contribution in [3.8, 4) is 6.07 Å². The van der Waals surface area contributed by atoms with E-state index >= 15 is 0 Å². The van der Waals surface area contributed by atoms with Crippen LogP contribution in [-0.4, -0.2) is 51.6 Å². The summed E-state index contributed by atoms with van der Waals surface area (Å²) in [6.45, 7) is 6.61. The van der Waals surface area contributed by atoms with Crippen LogP contribution < -0.4 is 22.5 Å². The Hall–Kier alpha value is -4.69. The highest BCUT2D eigenvalue weighted by atomic mass is 16.5. The normalized spacial score (nSPS) is 21.7. The molecule has 47 heavy (non-hydrogen) atoms. The number of nitriles is 1. The van der Waals surface area contributed by atoms with Gasteiger partial charge >= 0.3 is 5.76 Å². The number of aromatic nitrogens is 2. The number of aryl methyl sites for hydroxylation is 2. The highest BCUT2D eigenvalue weighted by molar-refractivity contribution is 5.93. The number of nitrogens with two attached hydrogens (primary N) is 2. The van der Waals surface area contributed by atoms with Crippen LogP contribution in [0.15, 0.2) is 52.3 Å². The van der Waals surface area contributed by atoms with E-state index < -0.39 is 23.1 Å².